The topological polar surface area (TPSA) is 105 Å². The average molecular weight is 675 g/mol. The Morgan fingerprint density at radius 2 is 2.00 bits per heavy atom. The van der Waals surface area contributed by atoms with Crippen LogP contribution in [0.4, 0.5) is 5.69 Å². The minimum absolute atomic E-state index is 0.0713. The van der Waals surface area contributed by atoms with Gasteiger partial charge in [-0.05, 0) is 98.7 Å². The minimum atomic E-state index is -1.49. The van der Waals surface area contributed by atoms with Crippen LogP contribution in [0.15, 0.2) is 36.4 Å². The first-order chi connectivity index (χ1) is 22.2. The zero-order chi connectivity index (χ0) is 33.2. The lowest BCUT2D eigenvalue weighted by Crippen LogP contribution is -2.46. The predicted octanol–water partition coefficient (Wildman–Crippen LogP) is 6.49. The van der Waals surface area contributed by atoms with Crippen LogP contribution in [0.3, 0.4) is 0 Å². The Balaban J connectivity index is 1.68. The quantitative estimate of drug-likeness (QED) is 0.185. The fourth-order valence-corrected chi connectivity index (χ4v) is 7.64. The number of amides is 1. The summed E-state index contributed by atoms with van der Waals surface area (Å²) in [7, 11) is -1.49. The summed E-state index contributed by atoms with van der Waals surface area (Å²) in [5.41, 5.74) is 3.72. The van der Waals surface area contributed by atoms with E-state index in [9.17, 15) is 18.9 Å². The monoisotopic (exact) mass is 674 g/mol. The third-order valence-electron chi connectivity index (χ3n) is 9.46. The summed E-state index contributed by atoms with van der Waals surface area (Å²) >= 11 is 6.42. The van der Waals surface area contributed by atoms with E-state index in [1.165, 1.54) is 11.1 Å². The van der Waals surface area contributed by atoms with Crippen LogP contribution in [0, 0.1) is 17.8 Å². The number of aliphatic hydroxyl groups excluding tert-OH is 1. The number of ether oxygens (including phenoxy) is 2. The molecule has 0 spiro atoms. The Morgan fingerprint density at radius 1 is 1.20 bits per heavy atom. The first-order valence-electron chi connectivity index (χ1n) is 16.9. The van der Waals surface area contributed by atoms with Crippen LogP contribution < -0.4 is 14.4 Å². The molecule has 6 atom stereocenters. The fourth-order valence-electron chi connectivity index (χ4n) is 6.91. The number of carbonyl (C=O) groups excluding carboxylic acids is 2. The molecule has 2 aromatic rings. The molecule has 1 heterocycles. The van der Waals surface area contributed by atoms with Gasteiger partial charge in [0.25, 0.3) is 5.91 Å². The Kier molecular flexibility index (Phi) is 13.9. The van der Waals surface area contributed by atoms with Crippen molar-refractivity contribution in [3.8, 4) is 5.75 Å². The maximum absolute atomic E-state index is 13.2. The smallest absolute Gasteiger partial charge is 0.263 e. The van der Waals surface area contributed by atoms with Gasteiger partial charge in [0, 0.05) is 34.8 Å². The van der Waals surface area contributed by atoms with E-state index in [-0.39, 0.29) is 36.2 Å². The van der Waals surface area contributed by atoms with E-state index in [0.29, 0.717) is 36.3 Å². The van der Waals surface area contributed by atoms with Gasteiger partial charge in [0.05, 0.1) is 25.5 Å². The second kappa shape index (κ2) is 17.6. The van der Waals surface area contributed by atoms with Crippen molar-refractivity contribution in [1.82, 2.24) is 4.72 Å². The molecule has 2 aromatic carbocycles. The van der Waals surface area contributed by atoms with Crippen molar-refractivity contribution in [2.75, 3.05) is 37.8 Å². The molecular weight excluding hydrogens is 624 g/mol. The molecule has 6 unspecified atom stereocenters. The van der Waals surface area contributed by atoms with Crippen molar-refractivity contribution in [3.63, 3.8) is 0 Å². The second-order valence-electron chi connectivity index (χ2n) is 13.0. The number of fused-ring (bicyclic) bond motifs is 1. The van der Waals surface area contributed by atoms with E-state index in [2.05, 4.69) is 35.6 Å². The standard InChI is InChI=1S/C36H51ClN2O6S/c1-5-7-9-32(35(22-41)44-17-16-40)31-13-10-27(31)20-39-21-28(30-14-12-29(37)18-25(30)8-6-2)23-45-34-15-11-26(19-33(34)39)36(42)38-46(43)24(3)4/h11-12,14-15,18-19,22,24,27-28,31-32,35,40H,5-10,13,16-17,20-21,23H2,1-4H3,(H,38,42). The van der Waals surface area contributed by atoms with Crippen LogP contribution in [0.25, 0.3) is 0 Å². The summed E-state index contributed by atoms with van der Waals surface area (Å²) in [6.45, 7) is 9.88. The summed E-state index contributed by atoms with van der Waals surface area (Å²) in [6.07, 6.45) is 7.29. The normalized spacial score (nSPS) is 21.4. The Bertz CT molecular complexity index is 1340. The van der Waals surface area contributed by atoms with Crippen molar-refractivity contribution in [1.29, 1.82) is 0 Å². The molecule has 1 aliphatic carbocycles. The first kappa shape index (κ1) is 36.4. The van der Waals surface area contributed by atoms with Gasteiger partial charge in [-0.25, -0.2) is 4.21 Å². The zero-order valence-electron chi connectivity index (χ0n) is 27.7. The molecule has 1 saturated carbocycles. The van der Waals surface area contributed by atoms with Gasteiger partial charge >= 0.3 is 0 Å². The summed E-state index contributed by atoms with van der Waals surface area (Å²) < 4.78 is 27.4. The third kappa shape index (κ3) is 9.12. The van der Waals surface area contributed by atoms with Gasteiger partial charge in [-0.1, -0.05) is 50.8 Å². The number of rotatable bonds is 17. The fraction of sp³-hybridized carbons (Fsp3) is 0.611. The van der Waals surface area contributed by atoms with Crippen molar-refractivity contribution in [2.45, 2.75) is 89.9 Å². The molecule has 8 nitrogen and oxygen atoms in total. The molecule has 1 fully saturated rings. The highest BCUT2D eigenvalue weighted by Crippen LogP contribution is 2.46. The van der Waals surface area contributed by atoms with Gasteiger partial charge in [-0.15, -0.1) is 0 Å². The van der Waals surface area contributed by atoms with Crippen LogP contribution in [0.1, 0.15) is 93.6 Å². The summed E-state index contributed by atoms with van der Waals surface area (Å²) in [6, 6.07) is 11.6. The van der Waals surface area contributed by atoms with Gasteiger partial charge in [0.1, 0.15) is 29.1 Å². The molecule has 10 heteroatoms. The number of aliphatic hydroxyl groups is 1. The minimum Gasteiger partial charge on any atom is -0.491 e. The first-order valence-corrected chi connectivity index (χ1v) is 18.5. The number of aldehydes is 1. The molecule has 0 aromatic heterocycles. The zero-order valence-corrected chi connectivity index (χ0v) is 29.3. The number of benzene rings is 2. The molecule has 1 aliphatic heterocycles. The van der Waals surface area contributed by atoms with Crippen molar-refractivity contribution in [2.24, 2.45) is 17.8 Å². The SMILES string of the molecule is CCCCC(C(C=O)OCCO)C1CCC1CN1CC(c2ccc(Cl)cc2CCC)COc2ccc(C(=O)NS(=O)C(C)C)cc21. The van der Waals surface area contributed by atoms with Crippen LogP contribution in [0.2, 0.25) is 5.02 Å². The van der Waals surface area contributed by atoms with Gasteiger partial charge in [0.15, 0.2) is 0 Å². The van der Waals surface area contributed by atoms with Gasteiger partial charge in [-0.3, -0.25) is 9.52 Å². The second-order valence-corrected chi connectivity index (χ2v) is 15.1. The third-order valence-corrected chi connectivity index (χ3v) is 10.9. The number of hydrogen-bond donors (Lipinski definition) is 2. The molecule has 2 N–H and O–H groups in total. The van der Waals surface area contributed by atoms with Gasteiger partial charge < -0.3 is 24.3 Å². The molecular formula is C36H51ClN2O6S. The lowest BCUT2D eigenvalue weighted by molar-refractivity contribution is -0.127. The number of aryl methyl sites for hydroxylation is 1. The highest BCUT2D eigenvalue weighted by Gasteiger charge is 2.42. The molecule has 0 saturated heterocycles. The number of unbranched alkanes of at least 4 members (excludes halogenated alkanes) is 1. The van der Waals surface area contributed by atoms with E-state index in [1.807, 2.05) is 18.2 Å². The Morgan fingerprint density at radius 3 is 2.65 bits per heavy atom. The molecule has 2 aliphatic rings. The van der Waals surface area contributed by atoms with E-state index in [1.54, 1.807) is 19.9 Å². The summed E-state index contributed by atoms with van der Waals surface area (Å²) in [5.74, 6) is 1.11. The molecule has 4 rings (SSSR count). The maximum atomic E-state index is 13.2. The summed E-state index contributed by atoms with van der Waals surface area (Å²) in [5, 5.41) is 9.90. The van der Waals surface area contributed by atoms with Crippen molar-refractivity contribution >= 4 is 40.5 Å². The number of nitrogens with one attached hydrogen (secondary N) is 1. The summed E-state index contributed by atoms with van der Waals surface area (Å²) in [4.78, 5) is 27.7. The lowest BCUT2D eigenvalue weighted by atomic mass is 9.64. The number of nitrogens with zero attached hydrogens (tertiary/aromatic N) is 1. The highest BCUT2D eigenvalue weighted by molar-refractivity contribution is 7.84. The van der Waals surface area contributed by atoms with Gasteiger partial charge in [-0.2, -0.15) is 0 Å². The molecule has 46 heavy (non-hydrogen) atoms. The Hall–Kier alpha value is -2.46. The highest BCUT2D eigenvalue weighted by atomic mass is 35.5. The number of anilines is 1. The van der Waals surface area contributed by atoms with Gasteiger partial charge in [0.2, 0.25) is 0 Å². The van der Waals surface area contributed by atoms with Crippen LogP contribution in [-0.4, -0.2) is 65.8 Å². The lowest BCUT2D eigenvalue weighted by Gasteiger charge is -2.46. The van der Waals surface area contributed by atoms with Crippen LogP contribution >= 0.6 is 11.6 Å². The number of carbonyl (C=O) groups is 2. The number of hydrogen-bond acceptors (Lipinski definition) is 7. The van der Waals surface area contributed by atoms with Crippen molar-refractivity contribution < 1.29 is 28.4 Å². The van der Waals surface area contributed by atoms with Crippen molar-refractivity contribution in [3.05, 3.63) is 58.1 Å². The van der Waals surface area contributed by atoms with Crippen LogP contribution in [0.5, 0.6) is 5.75 Å². The molecule has 0 radical (unpaired) electrons. The Labute approximate surface area is 282 Å². The predicted molar refractivity (Wildman–Crippen MR) is 185 cm³/mol. The van der Waals surface area contributed by atoms with E-state index < -0.39 is 17.1 Å². The van der Waals surface area contributed by atoms with E-state index >= 15 is 0 Å². The molecule has 0 bridgehead atoms. The average Bonchev–Trinajstić information content (AvgIpc) is 3.21. The number of halogens is 1. The largest absolute Gasteiger partial charge is 0.491 e. The maximum Gasteiger partial charge on any atom is 0.263 e. The van der Waals surface area contributed by atoms with E-state index in [0.717, 1.165) is 68.5 Å². The molecule has 254 valence electrons. The molecule has 1 amide bonds. The van der Waals surface area contributed by atoms with Crippen LogP contribution in [-0.2, 0) is 26.9 Å². The van der Waals surface area contributed by atoms with E-state index in [4.69, 9.17) is 21.1 Å².